The van der Waals surface area contributed by atoms with Gasteiger partial charge in [-0.05, 0) is 38.8 Å². The summed E-state index contributed by atoms with van der Waals surface area (Å²) in [5.74, 6) is 1.82. The number of piperazine rings is 1. The molecule has 0 bridgehead atoms. The lowest BCUT2D eigenvalue weighted by Gasteiger charge is -2.40. The molecule has 1 aliphatic carbocycles. The Morgan fingerprint density at radius 1 is 0.962 bits per heavy atom. The molecule has 140 valence electrons. The molecular formula is C21H31N5. The molecule has 1 aliphatic heterocycles. The molecule has 26 heavy (non-hydrogen) atoms. The SMILES string of the molecule is CC(C)Nc1nc(N2CCN(C3CCCCC3)CC2)nc2ccccc12. The largest absolute Gasteiger partial charge is 0.367 e. The van der Waals surface area contributed by atoms with Gasteiger partial charge in [0.25, 0.3) is 0 Å². The molecule has 0 amide bonds. The Bertz CT molecular complexity index is 730. The van der Waals surface area contributed by atoms with Crippen LogP contribution in [0, 0.1) is 0 Å². The van der Waals surface area contributed by atoms with Crippen LogP contribution in [0.3, 0.4) is 0 Å². The summed E-state index contributed by atoms with van der Waals surface area (Å²) in [4.78, 5) is 14.8. The zero-order chi connectivity index (χ0) is 17.9. The van der Waals surface area contributed by atoms with Crippen molar-refractivity contribution in [3.05, 3.63) is 24.3 Å². The molecule has 1 aromatic carbocycles. The summed E-state index contributed by atoms with van der Waals surface area (Å²) in [7, 11) is 0. The van der Waals surface area contributed by atoms with Crippen molar-refractivity contribution in [2.24, 2.45) is 0 Å². The molecular weight excluding hydrogens is 322 g/mol. The van der Waals surface area contributed by atoms with Crippen molar-refractivity contribution in [1.82, 2.24) is 14.9 Å². The number of anilines is 2. The van der Waals surface area contributed by atoms with Crippen molar-refractivity contribution in [1.29, 1.82) is 0 Å². The van der Waals surface area contributed by atoms with Gasteiger partial charge in [0.1, 0.15) is 5.82 Å². The van der Waals surface area contributed by atoms with E-state index in [1.165, 1.54) is 32.1 Å². The molecule has 1 aromatic heterocycles. The van der Waals surface area contributed by atoms with Crippen LogP contribution in [0.25, 0.3) is 10.9 Å². The third-order valence-electron chi connectivity index (χ3n) is 5.71. The van der Waals surface area contributed by atoms with E-state index in [9.17, 15) is 0 Å². The lowest BCUT2D eigenvalue weighted by molar-refractivity contribution is 0.147. The van der Waals surface area contributed by atoms with Gasteiger partial charge < -0.3 is 10.2 Å². The minimum absolute atomic E-state index is 0.351. The summed E-state index contributed by atoms with van der Waals surface area (Å²) in [5, 5.41) is 4.60. The second-order valence-electron chi connectivity index (χ2n) is 8.00. The van der Waals surface area contributed by atoms with Crippen molar-refractivity contribution >= 4 is 22.7 Å². The topological polar surface area (TPSA) is 44.3 Å². The smallest absolute Gasteiger partial charge is 0.227 e. The Hall–Kier alpha value is -1.88. The molecule has 4 rings (SSSR count). The molecule has 2 fully saturated rings. The molecule has 1 N–H and O–H groups in total. The van der Waals surface area contributed by atoms with Gasteiger partial charge >= 0.3 is 0 Å². The van der Waals surface area contributed by atoms with E-state index in [0.29, 0.717) is 6.04 Å². The van der Waals surface area contributed by atoms with Crippen molar-refractivity contribution in [3.8, 4) is 0 Å². The standard InChI is InChI=1S/C21H31N5/c1-16(2)22-20-18-10-6-7-11-19(18)23-21(24-20)26-14-12-25(13-15-26)17-8-4-3-5-9-17/h6-7,10-11,16-17H,3-5,8-9,12-15H2,1-2H3,(H,22,23,24). The Morgan fingerprint density at radius 2 is 1.69 bits per heavy atom. The maximum Gasteiger partial charge on any atom is 0.227 e. The molecule has 2 aromatic rings. The summed E-state index contributed by atoms with van der Waals surface area (Å²) in [5.41, 5.74) is 1.02. The molecule has 5 nitrogen and oxygen atoms in total. The van der Waals surface area contributed by atoms with Crippen LogP contribution in [-0.4, -0.2) is 53.1 Å². The maximum atomic E-state index is 4.89. The fourth-order valence-corrected chi connectivity index (χ4v) is 4.32. The molecule has 0 unspecified atom stereocenters. The highest BCUT2D eigenvalue weighted by Gasteiger charge is 2.26. The fourth-order valence-electron chi connectivity index (χ4n) is 4.32. The number of para-hydroxylation sites is 1. The molecule has 2 heterocycles. The summed E-state index contributed by atoms with van der Waals surface area (Å²) >= 11 is 0. The molecule has 1 saturated carbocycles. The minimum Gasteiger partial charge on any atom is -0.367 e. The van der Waals surface area contributed by atoms with Gasteiger partial charge in [-0.3, -0.25) is 4.90 Å². The van der Waals surface area contributed by atoms with E-state index < -0.39 is 0 Å². The van der Waals surface area contributed by atoms with Crippen molar-refractivity contribution in [2.75, 3.05) is 36.4 Å². The Kier molecular flexibility index (Phi) is 5.25. The monoisotopic (exact) mass is 353 g/mol. The Labute approximate surface area is 156 Å². The maximum absolute atomic E-state index is 4.89. The number of fused-ring (bicyclic) bond motifs is 1. The predicted octanol–water partition coefficient (Wildman–Crippen LogP) is 3.90. The van der Waals surface area contributed by atoms with Crippen LogP contribution >= 0.6 is 0 Å². The Balaban J connectivity index is 1.51. The number of rotatable bonds is 4. The van der Waals surface area contributed by atoms with Gasteiger partial charge in [0.2, 0.25) is 5.95 Å². The first-order chi connectivity index (χ1) is 12.7. The van der Waals surface area contributed by atoms with E-state index in [-0.39, 0.29) is 0 Å². The number of benzene rings is 1. The van der Waals surface area contributed by atoms with E-state index in [2.05, 4.69) is 53.2 Å². The highest BCUT2D eigenvalue weighted by atomic mass is 15.3. The zero-order valence-electron chi connectivity index (χ0n) is 16.1. The molecule has 5 heteroatoms. The Morgan fingerprint density at radius 3 is 2.42 bits per heavy atom. The van der Waals surface area contributed by atoms with Gasteiger partial charge in [-0.25, -0.2) is 4.98 Å². The summed E-state index contributed by atoms with van der Waals surface area (Å²) in [6, 6.07) is 9.46. The van der Waals surface area contributed by atoms with Crippen LogP contribution in [0.1, 0.15) is 46.0 Å². The van der Waals surface area contributed by atoms with Crippen LogP contribution in [0.2, 0.25) is 0 Å². The van der Waals surface area contributed by atoms with E-state index in [1.807, 2.05) is 0 Å². The molecule has 0 atom stereocenters. The van der Waals surface area contributed by atoms with Crippen LogP contribution in [0.4, 0.5) is 11.8 Å². The average Bonchev–Trinajstić information content (AvgIpc) is 2.68. The van der Waals surface area contributed by atoms with Crippen molar-refractivity contribution in [3.63, 3.8) is 0 Å². The van der Waals surface area contributed by atoms with Crippen molar-refractivity contribution in [2.45, 2.75) is 58.0 Å². The molecule has 2 aliphatic rings. The van der Waals surface area contributed by atoms with Gasteiger partial charge in [0.15, 0.2) is 0 Å². The predicted molar refractivity (Wildman–Crippen MR) is 109 cm³/mol. The third kappa shape index (κ3) is 3.78. The molecule has 1 saturated heterocycles. The normalized spacial score (nSPS) is 20.0. The third-order valence-corrected chi connectivity index (χ3v) is 5.71. The van der Waals surface area contributed by atoms with Crippen LogP contribution < -0.4 is 10.2 Å². The fraction of sp³-hybridized carbons (Fsp3) is 0.619. The van der Waals surface area contributed by atoms with Crippen molar-refractivity contribution < 1.29 is 0 Å². The van der Waals surface area contributed by atoms with Gasteiger partial charge in [-0.15, -0.1) is 0 Å². The van der Waals surface area contributed by atoms with Crippen LogP contribution in [0.5, 0.6) is 0 Å². The highest BCUT2D eigenvalue weighted by molar-refractivity contribution is 5.90. The van der Waals surface area contributed by atoms with Crippen LogP contribution in [0.15, 0.2) is 24.3 Å². The summed E-state index contributed by atoms with van der Waals surface area (Å²) in [6.45, 7) is 8.62. The molecule has 0 radical (unpaired) electrons. The van der Waals surface area contributed by atoms with E-state index >= 15 is 0 Å². The van der Waals surface area contributed by atoms with Gasteiger partial charge in [-0.1, -0.05) is 31.4 Å². The second-order valence-corrected chi connectivity index (χ2v) is 8.00. The van der Waals surface area contributed by atoms with Gasteiger partial charge in [-0.2, -0.15) is 4.98 Å². The summed E-state index contributed by atoms with van der Waals surface area (Å²) in [6.07, 6.45) is 7.00. The average molecular weight is 354 g/mol. The first-order valence-electron chi connectivity index (χ1n) is 10.2. The number of aromatic nitrogens is 2. The lowest BCUT2D eigenvalue weighted by atomic mass is 9.94. The van der Waals surface area contributed by atoms with E-state index in [4.69, 9.17) is 9.97 Å². The number of hydrogen-bond donors (Lipinski definition) is 1. The number of nitrogens with one attached hydrogen (secondary N) is 1. The number of hydrogen-bond acceptors (Lipinski definition) is 5. The highest BCUT2D eigenvalue weighted by Crippen LogP contribution is 2.27. The second kappa shape index (κ2) is 7.78. The van der Waals surface area contributed by atoms with Gasteiger partial charge in [0.05, 0.1) is 5.52 Å². The first-order valence-corrected chi connectivity index (χ1v) is 10.2. The molecule has 0 spiro atoms. The van der Waals surface area contributed by atoms with Gasteiger partial charge in [0, 0.05) is 43.6 Å². The number of nitrogens with zero attached hydrogens (tertiary/aromatic N) is 4. The van der Waals surface area contributed by atoms with E-state index in [0.717, 1.165) is 54.9 Å². The van der Waals surface area contributed by atoms with Crippen LogP contribution in [-0.2, 0) is 0 Å². The minimum atomic E-state index is 0.351. The summed E-state index contributed by atoms with van der Waals surface area (Å²) < 4.78 is 0. The lowest BCUT2D eigenvalue weighted by Crippen LogP contribution is -2.51. The van der Waals surface area contributed by atoms with E-state index in [1.54, 1.807) is 0 Å². The quantitative estimate of drug-likeness (QED) is 0.903. The first kappa shape index (κ1) is 17.5. The zero-order valence-corrected chi connectivity index (χ0v) is 16.1.